The van der Waals surface area contributed by atoms with E-state index in [0.717, 1.165) is 25.3 Å². The molecule has 3 atom stereocenters. The monoisotopic (exact) mass is 626 g/mol. The summed E-state index contributed by atoms with van der Waals surface area (Å²) in [7, 11) is 0. The van der Waals surface area contributed by atoms with Gasteiger partial charge in [-0.15, -0.1) is 0 Å². The molecule has 0 heterocycles. The normalized spacial score (nSPS) is 17.6. The number of ether oxygens (including phenoxy) is 7. The molecule has 244 valence electrons. The summed E-state index contributed by atoms with van der Waals surface area (Å²) in [6, 6.07) is 12.0. The molecule has 1 aliphatic carbocycles. The van der Waals surface area contributed by atoms with Gasteiger partial charge < -0.3 is 33.2 Å². The largest absolute Gasteiger partial charge is 0.513 e. The molecule has 0 spiro atoms. The van der Waals surface area contributed by atoms with Crippen molar-refractivity contribution in [1.82, 2.24) is 0 Å². The van der Waals surface area contributed by atoms with Gasteiger partial charge in [0.05, 0.1) is 37.6 Å². The predicted octanol–water partition coefficient (Wildman–Crippen LogP) is 5.80. The molecule has 2 aromatic carbocycles. The van der Waals surface area contributed by atoms with Crippen molar-refractivity contribution >= 4 is 24.1 Å². The molecule has 0 aromatic heterocycles. The molecule has 45 heavy (non-hydrogen) atoms. The first kappa shape index (κ1) is 35.3. The molecule has 3 unspecified atom stereocenters. The van der Waals surface area contributed by atoms with Gasteiger partial charge in [-0.05, 0) is 79.1 Å². The van der Waals surface area contributed by atoms with Crippen molar-refractivity contribution < 1.29 is 52.3 Å². The van der Waals surface area contributed by atoms with Gasteiger partial charge in [-0.1, -0.05) is 33.8 Å². The minimum absolute atomic E-state index is 0.0275. The number of hydrogen-bond acceptors (Lipinski definition) is 11. The molecule has 3 rings (SSSR count). The van der Waals surface area contributed by atoms with Crippen LogP contribution in [0.5, 0.6) is 11.5 Å². The Morgan fingerprint density at radius 3 is 1.87 bits per heavy atom. The van der Waals surface area contributed by atoms with Crippen LogP contribution in [0.25, 0.3) is 0 Å². The lowest BCUT2D eigenvalue weighted by Crippen LogP contribution is -2.35. The third kappa shape index (κ3) is 12.4. The Morgan fingerprint density at radius 2 is 1.29 bits per heavy atom. The molecule has 1 saturated carbocycles. The Balaban J connectivity index is 1.34. The van der Waals surface area contributed by atoms with E-state index in [1.807, 2.05) is 0 Å². The van der Waals surface area contributed by atoms with Crippen LogP contribution in [0.4, 0.5) is 4.79 Å². The third-order valence-electron chi connectivity index (χ3n) is 7.27. The summed E-state index contributed by atoms with van der Waals surface area (Å²) in [6.45, 7) is 10.8. The van der Waals surface area contributed by atoms with Crippen molar-refractivity contribution in [3.05, 3.63) is 72.3 Å². The molecule has 0 aliphatic heterocycles. The maximum Gasteiger partial charge on any atom is 0.513 e. The molecule has 1 fully saturated rings. The van der Waals surface area contributed by atoms with E-state index in [1.165, 1.54) is 36.4 Å². The molecule has 1 aliphatic rings. The lowest BCUT2D eigenvalue weighted by molar-refractivity contribution is -0.139. The smallest absolute Gasteiger partial charge is 0.460 e. The predicted molar refractivity (Wildman–Crippen MR) is 163 cm³/mol. The molecule has 11 heteroatoms. The van der Waals surface area contributed by atoms with E-state index in [1.54, 1.807) is 12.1 Å². The first-order chi connectivity index (χ1) is 21.7. The standard InChI is InChI=1S/C34H42O11/c1-5-31(35)41-20-18-39-16-17-40-19-21-42-34(38)44-28-13-11-27(12-14-28)43-32(36)25-7-9-26(10-8-25)33(37)45-30-22-24(4)6-15-29(30)23(2)3/h5,7-14,23-24,29-30H,1,6,15-22H2,2-4H3. The Morgan fingerprint density at radius 1 is 0.756 bits per heavy atom. The second kappa shape index (κ2) is 18.6. The van der Waals surface area contributed by atoms with Gasteiger partial charge in [0.25, 0.3) is 0 Å². The highest BCUT2D eigenvalue weighted by Crippen LogP contribution is 2.35. The Bertz CT molecular complexity index is 1250. The fourth-order valence-corrected chi connectivity index (χ4v) is 4.83. The van der Waals surface area contributed by atoms with E-state index in [-0.39, 0.29) is 62.8 Å². The quantitative estimate of drug-likeness (QED) is 0.0559. The Kier molecular flexibility index (Phi) is 14.5. The van der Waals surface area contributed by atoms with Gasteiger partial charge in [0.15, 0.2) is 0 Å². The molecular weight excluding hydrogens is 584 g/mol. The second-order valence-corrected chi connectivity index (χ2v) is 11.0. The van der Waals surface area contributed by atoms with E-state index in [2.05, 4.69) is 27.4 Å². The summed E-state index contributed by atoms with van der Waals surface area (Å²) in [5, 5.41) is 0. The number of carbonyl (C=O) groups is 4. The number of hydrogen-bond donors (Lipinski definition) is 0. The molecule has 0 bridgehead atoms. The Labute approximate surface area is 263 Å². The maximum absolute atomic E-state index is 12.8. The van der Waals surface area contributed by atoms with Gasteiger partial charge in [-0.3, -0.25) is 0 Å². The molecular formula is C34H42O11. The average Bonchev–Trinajstić information content (AvgIpc) is 3.02. The van der Waals surface area contributed by atoms with Gasteiger partial charge in [0, 0.05) is 6.08 Å². The van der Waals surface area contributed by atoms with Crippen molar-refractivity contribution in [2.24, 2.45) is 17.8 Å². The second-order valence-electron chi connectivity index (χ2n) is 11.0. The summed E-state index contributed by atoms with van der Waals surface area (Å²) in [5.74, 6) is 0.210. The highest BCUT2D eigenvalue weighted by Gasteiger charge is 2.33. The number of esters is 3. The number of rotatable bonds is 16. The van der Waals surface area contributed by atoms with Gasteiger partial charge in [0.1, 0.15) is 30.8 Å². The van der Waals surface area contributed by atoms with Crippen molar-refractivity contribution in [3.8, 4) is 11.5 Å². The zero-order valence-corrected chi connectivity index (χ0v) is 26.1. The fraction of sp³-hybridized carbons (Fsp3) is 0.471. The zero-order chi connectivity index (χ0) is 32.6. The molecule has 0 N–H and O–H groups in total. The van der Waals surface area contributed by atoms with Crippen LogP contribution in [0.1, 0.15) is 60.7 Å². The molecule has 0 radical (unpaired) electrons. The highest BCUT2D eigenvalue weighted by molar-refractivity contribution is 5.94. The number of benzene rings is 2. The fourth-order valence-electron chi connectivity index (χ4n) is 4.83. The maximum atomic E-state index is 12.8. The molecule has 2 aromatic rings. The zero-order valence-electron chi connectivity index (χ0n) is 26.1. The van der Waals surface area contributed by atoms with E-state index in [9.17, 15) is 19.2 Å². The summed E-state index contributed by atoms with van der Waals surface area (Å²) in [5.41, 5.74) is 0.645. The minimum atomic E-state index is -0.917. The van der Waals surface area contributed by atoms with Crippen molar-refractivity contribution in [1.29, 1.82) is 0 Å². The third-order valence-corrected chi connectivity index (χ3v) is 7.27. The van der Waals surface area contributed by atoms with E-state index in [4.69, 9.17) is 33.2 Å². The SMILES string of the molecule is C=CC(=O)OCCOCCOCCOC(=O)Oc1ccc(OC(=O)c2ccc(C(=O)OC3CC(C)CCC3C(C)C)cc2)cc1. The lowest BCUT2D eigenvalue weighted by Gasteiger charge is -2.36. The molecule has 0 saturated heterocycles. The average molecular weight is 627 g/mol. The topological polar surface area (TPSA) is 133 Å². The van der Waals surface area contributed by atoms with Gasteiger partial charge in [-0.2, -0.15) is 0 Å². The van der Waals surface area contributed by atoms with Crippen LogP contribution in [0.3, 0.4) is 0 Å². The van der Waals surface area contributed by atoms with Gasteiger partial charge in [0.2, 0.25) is 0 Å². The van der Waals surface area contributed by atoms with Crippen molar-refractivity contribution in [2.45, 2.75) is 46.1 Å². The molecule has 11 nitrogen and oxygen atoms in total. The summed E-state index contributed by atoms with van der Waals surface area (Å²) < 4.78 is 36.6. The lowest BCUT2D eigenvalue weighted by atomic mass is 9.75. The van der Waals surface area contributed by atoms with Crippen LogP contribution < -0.4 is 9.47 Å². The van der Waals surface area contributed by atoms with Crippen LogP contribution in [-0.2, 0) is 28.5 Å². The Hall–Kier alpha value is -4.22. The highest BCUT2D eigenvalue weighted by atomic mass is 16.7. The number of carbonyl (C=O) groups excluding carboxylic acids is 4. The van der Waals surface area contributed by atoms with Gasteiger partial charge >= 0.3 is 24.1 Å². The van der Waals surface area contributed by atoms with Crippen LogP contribution in [0.15, 0.2) is 61.2 Å². The summed E-state index contributed by atoms with van der Waals surface area (Å²) in [4.78, 5) is 48.2. The van der Waals surface area contributed by atoms with E-state index >= 15 is 0 Å². The summed E-state index contributed by atoms with van der Waals surface area (Å²) >= 11 is 0. The minimum Gasteiger partial charge on any atom is -0.460 e. The first-order valence-corrected chi connectivity index (χ1v) is 15.1. The van der Waals surface area contributed by atoms with Crippen LogP contribution in [0, 0.1) is 17.8 Å². The van der Waals surface area contributed by atoms with Crippen LogP contribution in [0.2, 0.25) is 0 Å². The van der Waals surface area contributed by atoms with Gasteiger partial charge in [-0.25, -0.2) is 19.2 Å². The van der Waals surface area contributed by atoms with E-state index in [0.29, 0.717) is 23.3 Å². The van der Waals surface area contributed by atoms with E-state index < -0.39 is 24.1 Å². The van der Waals surface area contributed by atoms with Crippen LogP contribution in [-0.4, -0.2) is 69.8 Å². The van der Waals surface area contributed by atoms with Crippen molar-refractivity contribution in [3.63, 3.8) is 0 Å². The molecule has 0 amide bonds. The first-order valence-electron chi connectivity index (χ1n) is 15.1. The van der Waals surface area contributed by atoms with Crippen LogP contribution >= 0.6 is 0 Å². The van der Waals surface area contributed by atoms with Crippen molar-refractivity contribution in [2.75, 3.05) is 39.6 Å². The summed E-state index contributed by atoms with van der Waals surface area (Å²) in [6.07, 6.45) is 3.10.